The minimum atomic E-state index is -1.03. The van der Waals surface area contributed by atoms with Gasteiger partial charge in [0.05, 0.1) is 28.5 Å². The van der Waals surface area contributed by atoms with Crippen molar-refractivity contribution in [2.45, 2.75) is 0 Å². The fourth-order valence-corrected chi connectivity index (χ4v) is 2.87. The van der Waals surface area contributed by atoms with Gasteiger partial charge in [0.15, 0.2) is 5.82 Å². The summed E-state index contributed by atoms with van der Waals surface area (Å²) in [7, 11) is 0. The van der Waals surface area contributed by atoms with E-state index in [1.807, 2.05) is 30.3 Å². The Bertz CT molecular complexity index is 1160. The van der Waals surface area contributed by atoms with Crippen LogP contribution in [0, 0.1) is 0 Å². The van der Waals surface area contributed by atoms with Gasteiger partial charge in [-0.3, -0.25) is 14.7 Å². The van der Waals surface area contributed by atoms with Crippen molar-refractivity contribution in [3.63, 3.8) is 0 Å². The maximum Gasteiger partial charge on any atom is 0.335 e. The quantitative estimate of drug-likeness (QED) is 0.580. The number of carbonyl (C=O) groups is 2. The summed E-state index contributed by atoms with van der Waals surface area (Å²) in [6, 6.07) is 22.3. The van der Waals surface area contributed by atoms with Gasteiger partial charge < -0.3 is 5.11 Å². The Hall–Kier alpha value is -4.06. The number of anilines is 2. The van der Waals surface area contributed by atoms with Gasteiger partial charge in [-0.2, -0.15) is 0 Å². The molecule has 0 aliphatic rings. The number of nitrogens with zero attached hydrogens (tertiary/aromatic N) is 3. The summed E-state index contributed by atoms with van der Waals surface area (Å²) < 4.78 is 0. The number of hydrogen-bond acceptors (Lipinski definition) is 4. The zero-order valence-electron chi connectivity index (χ0n) is 14.7. The molecule has 0 atom stereocenters. The summed E-state index contributed by atoms with van der Waals surface area (Å²) >= 11 is 0. The SMILES string of the molecule is O=C(O)c1ccc(N(C(=O)c2ccccc2)c2cnc3ccccc3n2)cc1. The van der Waals surface area contributed by atoms with E-state index in [0.29, 0.717) is 22.6 Å². The molecule has 1 N–H and O–H groups in total. The first kappa shape index (κ1) is 17.4. The molecule has 0 saturated carbocycles. The molecule has 0 unspecified atom stereocenters. The third-order valence-corrected chi connectivity index (χ3v) is 4.26. The fourth-order valence-electron chi connectivity index (χ4n) is 2.87. The van der Waals surface area contributed by atoms with E-state index >= 15 is 0 Å². The number of hydrogen-bond donors (Lipinski definition) is 1. The predicted octanol–water partition coefficient (Wildman–Crippen LogP) is 4.31. The predicted molar refractivity (Wildman–Crippen MR) is 106 cm³/mol. The van der Waals surface area contributed by atoms with Gasteiger partial charge in [0, 0.05) is 5.56 Å². The maximum atomic E-state index is 13.2. The number of carbonyl (C=O) groups excluding carboxylic acids is 1. The van der Waals surface area contributed by atoms with E-state index in [2.05, 4.69) is 9.97 Å². The summed E-state index contributed by atoms with van der Waals surface area (Å²) in [5.74, 6) is -0.957. The summed E-state index contributed by atoms with van der Waals surface area (Å²) in [5.41, 5.74) is 2.51. The van der Waals surface area contributed by atoms with Crippen LogP contribution < -0.4 is 4.90 Å². The summed E-state index contributed by atoms with van der Waals surface area (Å²) in [4.78, 5) is 34.8. The molecule has 0 saturated heterocycles. The van der Waals surface area contributed by atoms with Crippen LogP contribution in [-0.2, 0) is 0 Å². The fraction of sp³-hybridized carbons (Fsp3) is 0. The lowest BCUT2D eigenvalue weighted by atomic mass is 10.1. The van der Waals surface area contributed by atoms with Crippen LogP contribution in [0.25, 0.3) is 11.0 Å². The van der Waals surface area contributed by atoms with Crippen LogP contribution in [0.15, 0.2) is 85.1 Å². The van der Waals surface area contributed by atoms with Crippen molar-refractivity contribution < 1.29 is 14.7 Å². The average molecular weight is 369 g/mol. The van der Waals surface area contributed by atoms with E-state index in [1.165, 1.54) is 23.2 Å². The number of benzene rings is 3. The highest BCUT2D eigenvalue weighted by Gasteiger charge is 2.22. The second kappa shape index (κ2) is 7.28. The molecule has 0 spiro atoms. The molecule has 0 aliphatic heterocycles. The van der Waals surface area contributed by atoms with Crippen LogP contribution in [-0.4, -0.2) is 27.0 Å². The summed E-state index contributed by atoms with van der Waals surface area (Å²) in [6.07, 6.45) is 1.54. The zero-order chi connectivity index (χ0) is 19.5. The van der Waals surface area contributed by atoms with Crippen molar-refractivity contribution in [3.8, 4) is 0 Å². The van der Waals surface area contributed by atoms with E-state index < -0.39 is 5.97 Å². The molecule has 4 rings (SSSR count). The molecular weight excluding hydrogens is 354 g/mol. The van der Waals surface area contributed by atoms with E-state index in [4.69, 9.17) is 5.11 Å². The van der Waals surface area contributed by atoms with Crippen molar-refractivity contribution in [3.05, 3.63) is 96.2 Å². The van der Waals surface area contributed by atoms with Crippen molar-refractivity contribution in [2.75, 3.05) is 4.90 Å². The van der Waals surface area contributed by atoms with Crippen LogP contribution in [0.1, 0.15) is 20.7 Å². The van der Waals surface area contributed by atoms with Gasteiger partial charge >= 0.3 is 5.97 Å². The molecule has 3 aromatic carbocycles. The highest BCUT2D eigenvalue weighted by molar-refractivity contribution is 6.10. The van der Waals surface area contributed by atoms with E-state index in [1.54, 1.807) is 36.4 Å². The number of fused-ring (bicyclic) bond motifs is 1. The number of aromatic carboxylic acids is 1. The van der Waals surface area contributed by atoms with Gasteiger partial charge in [0.25, 0.3) is 5.91 Å². The lowest BCUT2D eigenvalue weighted by Gasteiger charge is -2.22. The molecule has 0 bridgehead atoms. The standard InChI is InChI=1S/C22H15N3O3/c26-21(15-6-2-1-3-7-15)25(17-12-10-16(11-13-17)22(27)28)20-14-23-18-8-4-5-9-19(18)24-20/h1-14H,(H,27,28). The van der Waals surface area contributed by atoms with Gasteiger partial charge in [0.1, 0.15) is 0 Å². The summed E-state index contributed by atoms with van der Waals surface area (Å²) in [5, 5.41) is 9.13. The molecule has 4 aromatic rings. The zero-order valence-corrected chi connectivity index (χ0v) is 14.7. The number of carboxylic acid groups (broad SMARTS) is 1. The first-order valence-corrected chi connectivity index (χ1v) is 8.58. The second-order valence-electron chi connectivity index (χ2n) is 6.08. The normalized spacial score (nSPS) is 10.6. The van der Waals surface area contributed by atoms with Crippen LogP contribution >= 0.6 is 0 Å². The van der Waals surface area contributed by atoms with Crippen LogP contribution in [0.2, 0.25) is 0 Å². The highest BCUT2D eigenvalue weighted by atomic mass is 16.4. The third kappa shape index (κ3) is 3.31. The Morgan fingerprint density at radius 3 is 2.07 bits per heavy atom. The van der Waals surface area contributed by atoms with Crippen molar-refractivity contribution in [1.29, 1.82) is 0 Å². The van der Waals surface area contributed by atoms with Crippen LogP contribution in [0.5, 0.6) is 0 Å². The van der Waals surface area contributed by atoms with Crippen LogP contribution in [0.4, 0.5) is 11.5 Å². The number of rotatable bonds is 4. The maximum absolute atomic E-state index is 13.2. The van der Waals surface area contributed by atoms with E-state index in [9.17, 15) is 9.59 Å². The van der Waals surface area contributed by atoms with Gasteiger partial charge in [-0.1, -0.05) is 30.3 Å². The molecule has 1 amide bonds. The molecule has 1 heterocycles. The van der Waals surface area contributed by atoms with Crippen molar-refractivity contribution in [2.24, 2.45) is 0 Å². The molecular formula is C22H15N3O3. The Morgan fingerprint density at radius 1 is 0.750 bits per heavy atom. The number of para-hydroxylation sites is 2. The number of amides is 1. The largest absolute Gasteiger partial charge is 0.478 e. The molecule has 0 aliphatic carbocycles. The average Bonchev–Trinajstić information content (AvgIpc) is 2.75. The van der Waals surface area contributed by atoms with Gasteiger partial charge in [0.2, 0.25) is 0 Å². The lowest BCUT2D eigenvalue weighted by Crippen LogP contribution is -2.27. The van der Waals surface area contributed by atoms with E-state index in [-0.39, 0.29) is 11.5 Å². The lowest BCUT2D eigenvalue weighted by molar-refractivity contribution is 0.0696. The highest BCUT2D eigenvalue weighted by Crippen LogP contribution is 2.27. The van der Waals surface area contributed by atoms with Crippen LogP contribution in [0.3, 0.4) is 0 Å². The Kier molecular flexibility index (Phi) is 4.51. The Balaban J connectivity index is 1.84. The minimum Gasteiger partial charge on any atom is -0.478 e. The van der Waals surface area contributed by atoms with Gasteiger partial charge in [-0.25, -0.2) is 9.78 Å². The molecule has 0 fully saturated rings. The van der Waals surface area contributed by atoms with Crippen molar-refractivity contribution >= 4 is 34.4 Å². The monoisotopic (exact) mass is 369 g/mol. The Labute approximate surface area is 160 Å². The first-order valence-electron chi connectivity index (χ1n) is 8.58. The molecule has 6 heteroatoms. The molecule has 1 aromatic heterocycles. The summed E-state index contributed by atoms with van der Waals surface area (Å²) in [6.45, 7) is 0. The number of aromatic nitrogens is 2. The molecule has 0 radical (unpaired) electrons. The second-order valence-corrected chi connectivity index (χ2v) is 6.08. The van der Waals surface area contributed by atoms with E-state index in [0.717, 1.165) is 5.52 Å². The third-order valence-electron chi connectivity index (χ3n) is 4.26. The smallest absolute Gasteiger partial charge is 0.335 e. The minimum absolute atomic E-state index is 0.139. The van der Waals surface area contributed by atoms with Gasteiger partial charge in [-0.05, 0) is 48.5 Å². The molecule has 136 valence electrons. The van der Waals surface area contributed by atoms with Crippen molar-refractivity contribution in [1.82, 2.24) is 9.97 Å². The first-order chi connectivity index (χ1) is 13.6. The topological polar surface area (TPSA) is 83.4 Å². The van der Waals surface area contributed by atoms with Gasteiger partial charge in [-0.15, -0.1) is 0 Å². The Morgan fingerprint density at radius 2 is 1.39 bits per heavy atom. The molecule has 6 nitrogen and oxygen atoms in total. The number of carboxylic acids is 1. The molecule has 28 heavy (non-hydrogen) atoms.